The van der Waals surface area contributed by atoms with E-state index in [1.807, 2.05) is 0 Å². The van der Waals surface area contributed by atoms with Crippen molar-refractivity contribution in [3.63, 3.8) is 0 Å². The second-order valence-corrected chi connectivity index (χ2v) is 3.77. The lowest BCUT2D eigenvalue weighted by atomic mass is 10.2. The van der Waals surface area contributed by atoms with Gasteiger partial charge in [-0.3, -0.25) is 9.50 Å². The highest BCUT2D eigenvalue weighted by atomic mass is 31.2. The fourth-order valence-electron chi connectivity index (χ4n) is 0.721. The first kappa shape index (κ1) is 18.1. The molecule has 0 aliphatic heterocycles. The summed E-state index contributed by atoms with van der Waals surface area (Å²) < 4.78 is 8.88. The Balaban J connectivity index is 0. The average molecular weight is 273 g/mol. The highest BCUT2D eigenvalue weighted by Gasteiger charge is 2.11. The second-order valence-electron chi connectivity index (χ2n) is 2.74. The molecule has 100 valence electrons. The van der Waals surface area contributed by atoms with E-state index in [-0.39, 0.29) is 11.1 Å². The zero-order chi connectivity index (χ0) is 12.8. The van der Waals surface area contributed by atoms with Gasteiger partial charge in [-0.25, -0.2) is 9.55 Å². The van der Waals surface area contributed by atoms with Gasteiger partial charge in [0.05, 0.1) is 6.33 Å². The first-order valence-electron chi connectivity index (χ1n) is 3.94. The Kier molecular flexibility index (Phi) is 8.36. The Morgan fingerprint density at radius 1 is 1.53 bits per heavy atom. The molecule has 0 aromatic carbocycles. The molecule has 0 aliphatic rings. The number of imidazole rings is 1. The van der Waals surface area contributed by atoms with Gasteiger partial charge in [0.25, 0.3) is 0 Å². The Hall–Kier alpha value is -1.32. The van der Waals surface area contributed by atoms with Crippen molar-refractivity contribution in [2.24, 2.45) is 5.73 Å². The maximum Gasteiger partial charge on any atom is 0.466 e. The van der Waals surface area contributed by atoms with Crippen molar-refractivity contribution in [1.29, 1.82) is 0 Å². The number of aromatic amines is 1. The topological polar surface area (TPSA) is 170 Å². The fourth-order valence-corrected chi connectivity index (χ4v) is 0.721. The van der Waals surface area contributed by atoms with E-state index >= 15 is 0 Å². The minimum atomic E-state index is -4.64. The summed E-state index contributed by atoms with van der Waals surface area (Å²) in [6.07, 6.45) is 3.34. The molecule has 0 saturated carbocycles. The van der Waals surface area contributed by atoms with Crippen molar-refractivity contribution in [2.75, 3.05) is 0 Å². The minimum Gasteiger partial charge on any atom is -0.480 e. The van der Waals surface area contributed by atoms with Gasteiger partial charge in [-0.1, -0.05) is 0 Å². The van der Waals surface area contributed by atoms with E-state index in [4.69, 9.17) is 30.1 Å². The van der Waals surface area contributed by atoms with Crippen LogP contribution in [0.2, 0.25) is 0 Å². The lowest BCUT2D eigenvalue weighted by Crippen LogP contribution is -2.32. The predicted molar refractivity (Wildman–Crippen MR) is 54.7 cm³/mol. The molecule has 7 N–H and O–H groups in total. The maximum absolute atomic E-state index is 10.3. The molecule has 0 amide bonds. The predicted octanol–water partition coefficient (Wildman–Crippen LogP) is -1.41. The number of nitrogens with one attached hydrogen (secondary N) is 1. The van der Waals surface area contributed by atoms with Crippen LogP contribution < -0.4 is 5.73 Å². The molecule has 0 spiro atoms. The smallest absolute Gasteiger partial charge is 0.466 e. The summed E-state index contributed by atoms with van der Waals surface area (Å²) in [5.41, 5.74) is 6.00. The van der Waals surface area contributed by atoms with Crippen LogP contribution in [0.4, 0.5) is 4.70 Å². The van der Waals surface area contributed by atoms with Gasteiger partial charge in [0.15, 0.2) is 0 Å². The van der Waals surface area contributed by atoms with Gasteiger partial charge in [-0.2, -0.15) is 0 Å². The van der Waals surface area contributed by atoms with E-state index in [0.29, 0.717) is 0 Å². The van der Waals surface area contributed by atoms with Crippen molar-refractivity contribution < 1.29 is 33.9 Å². The van der Waals surface area contributed by atoms with E-state index < -0.39 is 19.8 Å². The monoisotopic (exact) mass is 273 g/mol. The number of carbonyl (C=O) groups is 1. The highest BCUT2D eigenvalue weighted by molar-refractivity contribution is 7.45. The number of aliphatic carboxylic acids is 1. The van der Waals surface area contributed by atoms with Crippen molar-refractivity contribution in [3.8, 4) is 0 Å². The third kappa shape index (κ3) is 12.6. The largest absolute Gasteiger partial charge is 0.480 e. The summed E-state index contributed by atoms with van der Waals surface area (Å²) in [5.74, 6) is -1.00. The minimum absolute atomic E-state index is 0. The second kappa shape index (κ2) is 7.87. The molecule has 1 heterocycles. The maximum atomic E-state index is 10.3. The first-order valence-corrected chi connectivity index (χ1v) is 5.50. The van der Waals surface area contributed by atoms with Crippen LogP contribution in [0.3, 0.4) is 0 Å². The molecule has 0 saturated heterocycles. The molecular weight excluding hydrogens is 260 g/mol. The van der Waals surface area contributed by atoms with Gasteiger partial charge in [0, 0.05) is 18.3 Å². The van der Waals surface area contributed by atoms with E-state index in [2.05, 4.69) is 9.97 Å². The molecule has 0 fully saturated rings. The number of H-pyrrole nitrogens is 1. The Morgan fingerprint density at radius 2 is 2.00 bits per heavy atom. The number of halogens is 1. The van der Waals surface area contributed by atoms with Crippen LogP contribution >= 0.6 is 7.82 Å². The number of phosphoric acid groups is 1. The summed E-state index contributed by atoms with van der Waals surface area (Å²) >= 11 is 0. The van der Waals surface area contributed by atoms with Gasteiger partial charge in [0.2, 0.25) is 0 Å². The van der Waals surface area contributed by atoms with Crippen molar-refractivity contribution in [3.05, 3.63) is 18.2 Å². The van der Waals surface area contributed by atoms with E-state index in [1.165, 1.54) is 6.33 Å². The van der Waals surface area contributed by atoms with Crippen molar-refractivity contribution in [2.45, 2.75) is 12.5 Å². The number of carboxylic acid groups (broad SMARTS) is 1. The number of carboxylic acids is 1. The van der Waals surface area contributed by atoms with E-state index in [9.17, 15) is 4.79 Å². The molecule has 1 atom stereocenters. The Morgan fingerprint density at radius 3 is 2.29 bits per heavy atom. The summed E-state index contributed by atoms with van der Waals surface area (Å²) in [6, 6.07) is -0.851. The summed E-state index contributed by atoms with van der Waals surface area (Å²) in [6.45, 7) is 0. The molecule has 1 aromatic rings. The number of nitrogens with two attached hydrogens (primary N) is 1. The number of rotatable bonds is 3. The van der Waals surface area contributed by atoms with Crippen LogP contribution in [0, 0.1) is 0 Å². The van der Waals surface area contributed by atoms with Gasteiger partial charge in [0.1, 0.15) is 6.04 Å². The zero-order valence-corrected chi connectivity index (χ0v) is 9.32. The van der Waals surface area contributed by atoms with Crippen LogP contribution in [-0.2, 0) is 15.8 Å². The molecular formula is C6H13FN3O6P. The molecule has 1 aromatic heterocycles. The summed E-state index contributed by atoms with van der Waals surface area (Å²) in [5, 5.41) is 8.42. The van der Waals surface area contributed by atoms with Crippen LogP contribution in [0.25, 0.3) is 0 Å². The van der Waals surface area contributed by atoms with Gasteiger partial charge in [-0.05, 0) is 0 Å². The lowest BCUT2D eigenvalue weighted by Gasteiger charge is -2.02. The normalized spacial score (nSPS) is 11.8. The van der Waals surface area contributed by atoms with Crippen molar-refractivity contribution >= 4 is 13.8 Å². The summed E-state index contributed by atoms with van der Waals surface area (Å²) in [7, 11) is -4.64. The quantitative estimate of drug-likeness (QED) is 0.364. The Bertz CT molecular complexity index is 358. The van der Waals surface area contributed by atoms with Crippen LogP contribution in [0.1, 0.15) is 5.69 Å². The molecule has 0 aliphatic carbocycles. The molecule has 1 rings (SSSR count). The highest BCUT2D eigenvalue weighted by Crippen LogP contribution is 2.25. The number of aromatic nitrogens is 2. The third-order valence-corrected chi connectivity index (χ3v) is 1.31. The number of hydrogen-bond acceptors (Lipinski definition) is 4. The van der Waals surface area contributed by atoms with Crippen LogP contribution in [0.15, 0.2) is 12.5 Å². The molecule has 9 nitrogen and oxygen atoms in total. The molecule has 0 radical (unpaired) electrons. The molecule has 11 heteroatoms. The van der Waals surface area contributed by atoms with E-state index in [1.54, 1.807) is 6.20 Å². The van der Waals surface area contributed by atoms with Gasteiger partial charge in [-0.15, -0.1) is 0 Å². The molecule has 0 unspecified atom stereocenters. The lowest BCUT2D eigenvalue weighted by molar-refractivity contribution is -0.138. The van der Waals surface area contributed by atoms with Crippen molar-refractivity contribution in [1.82, 2.24) is 9.97 Å². The first-order chi connectivity index (χ1) is 7.20. The zero-order valence-electron chi connectivity index (χ0n) is 8.42. The van der Waals surface area contributed by atoms with Crippen LogP contribution in [-0.4, -0.2) is 41.8 Å². The SMILES string of the molecule is F.N[C@@H](Cc1cnc[nH]1)C(=O)O.O=P(O)(O)O. The average Bonchev–Trinajstić information content (AvgIpc) is 2.53. The van der Waals surface area contributed by atoms with Gasteiger partial charge < -0.3 is 30.5 Å². The van der Waals surface area contributed by atoms with E-state index in [0.717, 1.165) is 5.69 Å². The van der Waals surface area contributed by atoms with Gasteiger partial charge >= 0.3 is 13.8 Å². The summed E-state index contributed by atoms with van der Waals surface area (Å²) in [4.78, 5) is 38.3. The fraction of sp³-hybridized carbons (Fsp3) is 0.333. The van der Waals surface area contributed by atoms with Crippen LogP contribution in [0.5, 0.6) is 0 Å². The number of hydrogen-bond donors (Lipinski definition) is 6. The Labute approximate surface area is 94.9 Å². The third-order valence-electron chi connectivity index (χ3n) is 1.31. The number of nitrogens with zero attached hydrogens (tertiary/aromatic N) is 1. The standard InChI is InChI=1S/C6H9N3O2.FH.H3O4P/c7-5(6(10)11)1-4-2-8-3-9-4;;1-5(2,3)4/h2-3,5H,1,7H2,(H,8,9)(H,10,11);1H;(H3,1,2,3,4)/t5-;;/m0../s1. The molecule has 17 heavy (non-hydrogen) atoms. The molecule has 0 bridgehead atoms.